The largest absolute Gasteiger partial charge is 0.497 e. The Bertz CT molecular complexity index is 939. The molecule has 200 valence electrons. The van der Waals surface area contributed by atoms with Gasteiger partial charge in [-0.1, -0.05) is 53.7 Å². The summed E-state index contributed by atoms with van der Waals surface area (Å²) in [5.74, 6) is 1.79. The Morgan fingerprint density at radius 2 is 1.53 bits per heavy atom. The Balaban J connectivity index is 1.38. The summed E-state index contributed by atoms with van der Waals surface area (Å²) in [6.07, 6.45) is -0.506. The lowest BCUT2D eigenvalue weighted by atomic mass is 9.80. The second-order valence-electron chi connectivity index (χ2n) is 11.8. The number of hydrogen-bond acceptors (Lipinski definition) is 6. The lowest BCUT2D eigenvalue weighted by molar-refractivity contribution is 0.00704. The Hall–Kier alpha value is -2.28. The number of hydrogen-bond donors (Lipinski definition) is 1. The van der Waals surface area contributed by atoms with Crippen molar-refractivity contribution in [3.63, 3.8) is 0 Å². The summed E-state index contributed by atoms with van der Waals surface area (Å²) in [4.78, 5) is 4.67. The zero-order chi connectivity index (χ0) is 26.3. The number of nitrogens with zero attached hydrogens (tertiary/aromatic N) is 2. The van der Waals surface area contributed by atoms with Gasteiger partial charge in [0.15, 0.2) is 0 Å². The first-order valence-corrected chi connectivity index (χ1v) is 13.1. The van der Waals surface area contributed by atoms with Crippen LogP contribution in [0.4, 0.5) is 5.69 Å². The van der Waals surface area contributed by atoms with Crippen LogP contribution in [0, 0.1) is 0 Å². The second-order valence-corrected chi connectivity index (χ2v) is 11.8. The predicted octanol–water partition coefficient (Wildman–Crippen LogP) is 4.87. The summed E-state index contributed by atoms with van der Waals surface area (Å²) in [6.45, 7) is 18.9. The van der Waals surface area contributed by atoms with Gasteiger partial charge in [-0.15, -0.1) is 0 Å². The first kappa shape index (κ1) is 28.3. The molecule has 0 bridgehead atoms. The van der Waals surface area contributed by atoms with Crippen LogP contribution in [0.15, 0.2) is 42.5 Å². The van der Waals surface area contributed by atoms with Crippen molar-refractivity contribution in [2.45, 2.75) is 58.5 Å². The van der Waals surface area contributed by atoms with Gasteiger partial charge in [-0.3, -0.25) is 4.90 Å². The standard InChI is InChI=1S/C30H46N2O4/c1-29(2,3)23-8-13-28(27(20-23)30(4,5)6)36-19-18-35-22-25(33)21-31-14-16-32(17-15-31)24-9-11-26(34-7)12-10-24/h8-13,20,25,33H,14-19,21-22H2,1-7H3/t25-/m1/s1. The summed E-state index contributed by atoms with van der Waals surface area (Å²) in [7, 11) is 1.68. The van der Waals surface area contributed by atoms with Crippen molar-refractivity contribution >= 4 is 5.69 Å². The minimum absolute atomic E-state index is 0.00889. The van der Waals surface area contributed by atoms with Crippen molar-refractivity contribution in [3.8, 4) is 11.5 Å². The molecular weight excluding hydrogens is 452 g/mol. The van der Waals surface area contributed by atoms with E-state index in [2.05, 4.69) is 81.7 Å². The van der Waals surface area contributed by atoms with E-state index in [0.717, 1.165) is 37.7 Å². The molecule has 0 aliphatic carbocycles. The first-order valence-electron chi connectivity index (χ1n) is 13.1. The summed E-state index contributed by atoms with van der Waals surface area (Å²) in [5.41, 5.74) is 3.82. The number of aliphatic hydroxyl groups is 1. The smallest absolute Gasteiger partial charge is 0.123 e. The maximum Gasteiger partial charge on any atom is 0.123 e. The van der Waals surface area contributed by atoms with Crippen molar-refractivity contribution in [2.24, 2.45) is 0 Å². The zero-order valence-electron chi connectivity index (χ0n) is 23.3. The molecule has 0 saturated carbocycles. The number of aliphatic hydroxyl groups excluding tert-OH is 1. The fourth-order valence-electron chi connectivity index (χ4n) is 4.47. The van der Waals surface area contributed by atoms with Gasteiger partial charge >= 0.3 is 0 Å². The third-order valence-corrected chi connectivity index (χ3v) is 6.73. The van der Waals surface area contributed by atoms with E-state index in [9.17, 15) is 5.11 Å². The Labute approximate surface area is 218 Å². The number of anilines is 1. The number of methoxy groups -OCH3 is 1. The monoisotopic (exact) mass is 498 g/mol. The lowest BCUT2D eigenvalue weighted by Gasteiger charge is -2.36. The SMILES string of the molecule is COc1ccc(N2CCN(C[C@@H](O)COCCOc3ccc(C(C)(C)C)cc3C(C)(C)C)CC2)cc1. The fourth-order valence-corrected chi connectivity index (χ4v) is 4.47. The van der Waals surface area contributed by atoms with Crippen LogP contribution in [0.2, 0.25) is 0 Å². The normalized spacial score (nSPS) is 16.2. The highest BCUT2D eigenvalue weighted by Crippen LogP contribution is 2.35. The van der Waals surface area contributed by atoms with Gasteiger partial charge in [0.1, 0.15) is 18.1 Å². The van der Waals surface area contributed by atoms with Crippen LogP contribution in [0.3, 0.4) is 0 Å². The molecule has 0 radical (unpaired) electrons. The van der Waals surface area contributed by atoms with E-state index in [1.165, 1.54) is 16.8 Å². The van der Waals surface area contributed by atoms with Crippen LogP contribution < -0.4 is 14.4 Å². The third kappa shape index (κ3) is 8.12. The van der Waals surface area contributed by atoms with Gasteiger partial charge < -0.3 is 24.2 Å². The maximum atomic E-state index is 10.5. The van der Waals surface area contributed by atoms with Crippen molar-refractivity contribution < 1.29 is 19.3 Å². The van der Waals surface area contributed by atoms with Crippen LogP contribution in [-0.4, -0.2) is 75.8 Å². The van der Waals surface area contributed by atoms with Gasteiger partial charge in [0.2, 0.25) is 0 Å². The Morgan fingerprint density at radius 1 is 0.861 bits per heavy atom. The van der Waals surface area contributed by atoms with E-state index in [4.69, 9.17) is 14.2 Å². The van der Waals surface area contributed by atoms with Crippen LogP contribution >= 0.6 is 0 Å². The van der Waals surface area contributed by atoms with Crippen molar-refractivity contribution in [2.75, 3.05) is 64.6 Å². The molecule has 3 rings (SSSR count). The molecule has 1 saturated heterocycles. The van der Waals surface area contributed by atoms with Crippen molar-refractivity contribution in [1.29, 1.82) is 0 Å². The topological polar surface area (TPSA) is 54.4 Å². The molecular formula is C30H46N2O4. The van der Waals surface area contributed by atoms with Gasteiger partial charge in [0, 0.05) is 38.4 Å². The van der Waals surface area contributed by atoms with Gasteiger partial charge in [0.05, 0.1) is 26.4 Å². The quantitative estimate of drug-likeness (QED) is 0.472. The summed E-state index contributed by atoms with van der Waals surface area (Å²) < 4.78 is 17.1. The summed E-state index contributed by atoms with van der Waals surface area (Å²) >= 11 is 0. The minimum atomic E-state index is -0.506. The van der Waals surface area contributed by atoms with E-state index >= 15 is 0 Å². The van der Waals surface area contributed by atoms with Crippen LogP contribution in [0.5, 0.6) is 11.5 Å². The molecule has 2 aromatic rings. The molecule has 1 aliphatic rings. The van der Waals surface area contributed by atoms with Gasteiger partial charge in [-0.2, -0.15) is 0 Å². The number of rotatable bonds is 10. The van der Waals surface area contributed by atoms with Crippen LogP contribution in [-0.2, 0) is 15.6 Å². The van der Waals surface area contributed by atoms with Crippen molar-refractivity contribution in [1.82, 2.24) is 4.90 Å². The number of ether oxygens (including phenoxy) is 3. The molecule has 1 heterocycles. The van der Waals surface area contributed by atoms with Crippen LogP contribution in [0.25, 0.3) is 0 Å². The average molecular weight is 499 g/mol. The molecule has 1 N–H and O–H groups in total. The molecule has 1 fully saturated rings. The summed E-state index contributed by atoms with van der Waals surface area (Å²) in [5, 5.41) is 10.5. The molecule has 1 atom stereocenters. The molecule has 0 spiro atoms. The first-order chi connectivity index (χ1) is 17.0. The molecule has 2 aromatic carbocycles. The van der Waals surface area contributed by atoms with Gasteiger partial charge in [-0.25, -0.2) is 0 Å². The molecule has 0 unspecified atom stereocenters. The number of piperazine rings is 1. The highest BCUT2D eigenvalue weighted by molar-refractivity contribution is 5.49. The molecule has 0 aromatic heterocycles. The van der Waals surface area contributed by atoms with E-state index < -0.39 is 6.10 Å². The zero-order valence-corrected chi connectivity index (χ0v) is 23.3. The van der Waals surface area contributed by atoms with E-state index in [1.807, 2.05) is 12.1 Å². The highest BCUT2D eigenvalue weighted by atomic mass is 16.5. The van der Waals surface area contributed by atoms with Gasteiger partial charge in [-0.05, 0) is 52.3 Å². The second kappa shape index (κ2) is 12.3. The molecule has 1 aliphatic heterocycles. The molecule has 0 amide bonds. The van der Waals surface area contributed by atoms with E-state index in [0.29, 0.717) is 26.4 Å². The van der Waals surface area contributed by atoms with E-state index in [1.54, 1.807) is 7.11 Å². The molecule has 6 nitrogen and oxygen atoms in total. The Morgan fingerprint density at radius 3 is 2.11 bits per heavy atom. The third-order valence-electron chi connectivity index (χ3n) is 6.73. The number of β-amino-alcohol motifs (C(OH)–C–C–N with tert-alkyl or cyclic N) is 1. The lowest BCUT2D eigenvalue weighted by Crippen LogP contribution is -2.49. The maximum absolute atomic E-state index is 10.5. The molecule has 36 heavy (non-hydrogen) atoms. The Kier molecular flexibility index (Phi) is 9.67. The van der Waals surface area contributed by atoms with Crippen LogP contribution in [0.1, 0.15) is 52.7 Å². The number of benzene rings is 2. The van der Waals surface area contributed by atoms with Crippen molar-refractivity contribution in [3.05, 3.63) is 53.6 Å². The molecule has 6 heteroatoms. The average Bonchev–Trinajstić information content (AvgIpc) is 2.83. The summed E-state index contributed by atoms with van der Waals surface area (Å²) in [6, 6.07) is 14.7. The predicted molar refractivity (Wildman–Crippen MR) is 148 cm³/mol. The fraction of sp³-hybridized carbons (Fsp3) is 0.600. The highest BCUT2D eigenvalue weighted by Gasteiger charge is 2.23. The minimum Gasteiger partial charge on any atom is -0.497 e. The van der Waals surface area contributed by atoms with E-state index in [-0.39, 0.29) is 10.8 Å². The van der Waals surface area contributed by atoms with Gasteiger partial charge in [0.25, 0.3) is 0 Å².